The number of fused-ring (bicyclic) bond motifs is 1. The van der Waals surface area contributed by atoms with Gasteiger partial charge in [-0.1, -0.05) is 38.5 Å². The minimum Gasteiger partial charge on any atom is -0.357 e. The van der Waals surface area contributed by atoms with E-state index in [1.165, 1.54) is 35.9 Å². The molecule has 1 aliphatic heterocycles. The summed E-state index contributed by atoms with van der Waals surface area (Å²) in [7, 11) is 0. The van der Waals surface area contributed by atoms with Crippen molar-refractivity contribution < 1.29 is 0 Å². The maximum Gasteiger partial charge on any atom is 0.153 e. The van der Waals surface area contributed by atoms with Gasteiger partial charge in [-0.05, 0) is 36.9 Å². The average molecular weight is 323 g/mol. The molecule has 1 saturated heterocycles. The van der Waals surface area contributed by atoms with E-state index < -0.39 is 0 Å². The quantitative estimate of drug-likeness (QED) is 0.758. The summed E-state index contributed by atoms with van der Waals surface area (Å²) in [5.74, 6) is 2.24. The molecule has 4 rings (SSSR count). The molecule has 1 fully saturated rings. The number of hydrogen-bond donors (Lipinski definition) is 2. The number of likely N-dealkylation sites (tertiary alicyclic amines) is 1. The molecule has 2 aromatic heterocycles. The molecular formula is C19H25N5. The number of aromatic amines is 2. The fourth-order valence-corrected chi connectivity index (χ4v) is 3.64. The number of para-hydroxylation sites is 1. The van der Waals surface area contributed by atoms with Gasteiger partial charge in [0.25, 0.3) is 0 Å². The van der Waals surface area contributed by atoms with Crippen LogP contribution < -0.4 is 0 Å². The third-order valence-electron chi connectivity index (χ3n) is 4.94. The van der Waals surface area contributed by atoms with Crippen LogP contribution in [0.15, 0.2) is 30.3 Å². The van der Waals surface area contributed by atoms with Gasteiger partial charge in [0.2, 0.25) is 0 Å². The van der Waals surface area contributed by atoms with Gasteiger partial charge in [0.05, 0.1) is 12.6 Å². The Morgan fingerprint density at radius 2 is 2.12 bits per heavy atom. The Labute approximate surface area is 142 Å². The average Bonchev–Trinajstić information content (AvgIpc) is 3.22. The lowest BCUT2D eigenvalue weighted by molar-refractivity contribution is 0.134. The number of rotatable bonds is 4. The second-order valence-electron chi connectivity index (χ2n) is 7.09. The molecule has 0 aliphatic carbocycles. The van der Waals surface area contributed by atoms with Crippen LogP contribution in [0.25, 0.3) is 10.9 Å². The Kier molecular flexibility index (Phi) is 4.10. The zero-order chi connectivity index (χ0) is 16.5. The summed E-state index contributed by atoms with van der Waals surface area (Å²) in [4.78, 5) is 10.8. The predicted octanol–water partition coefficient (Wildman–Crippen LogP) is 4.14. The maximum atomic E-state index is 4.66. The zero-order valence-electron chi connectivity index (χ0n) is 14.4. The first kappa shape index (κ1) is 15.4. The van der Waals surface area contributed by atoms with Crippen LogP contribution in [0.4, 0.5) is 0 Å². The van der Waals surface area contributed by atoms with Crippen molar-refractivity contribution in [3.8, 4) is 0 Å². The number of piperidine rings is 1. The lowest BCUT2D eigenvalue weighted by Crippen LogP contribution is -2.33. The van der Waals surface area contributed by atoms with Crippen molar-refractivity contribution in [3.63, 3.8) is 0 Å². The first-order valence-corrected chi connectivity index (χ1v) is 8.93. The molecule has 0 spiro atoms. The first-order chi connectivity index (χ1) is 11.7. The van der Waals surface area contributed by atoms with Crippen LogP contribution in [0.3, 0.4) is 0 Å². The van der Waals surface area contributed by atoms with Gasteiger partial charge in [-0.15, -0.1) is 0 Å². The predicted molar refractivity (Wildman–Crippen MR) is 95.8 cm³/mol. The van der Waals surface area contributed by atoms with Crippen LogP contribution in [0.5, 0.6) is 0 Å². The van der Waals surface area contributed by atoms with Crippen molar-refractivity contribution in [1.82, 2.24) is 25.1 Å². The summed E-state index contributed by atoms with van der Waals surface area (Å²) in [6.45, 7) is 6.19. The number of H-pyrrole nitrogens is 2. The molecule has 126 valence electrons. The summed E-state index contributed by atoms with van der Waals surface area (Å²) in [5, 5.41) is 8.75. The van der Waals surface area contributed by atoms with Crippen LogP contribution in [-0.2, 0) is 6.54 Å². The molecule has 0 radical (unpaired) electrons. The summed E-state index contributed by atoms with van der Waals surface area (Å²) in [6.07, 6.45) is 3.73. The fourth-order valence-electron chi connectivity index (χ4n) is 3.64. The van der Waals surface area contributed by atoms with E-state index in [-0.39, 0.29) is 0 Å². The number of nitrogens with zero attached hydrogens (tertiary/aromatic N) is 3. The van der Waals surface area contributed by atoms with Gasteiger partial charge in [-0.2, -0.15) is 5.10 Å². The van der Waals surface area contributed by atoms with E-state index in [2.05, 4.69) is 69.2 Å². The lowest BCUT2D eigenvalue weighted by atomic mass is 9.99. The molecule has 0 amide bonds. The maximum absolute atomic E-state index is 4.66. The van der Waals surface area contributed by atoms with Crippen molar-refractivity contribution in [2.24, 2.45) is 0 Å². The topological polar surface area (TPSA) is 60.6 Å². The van der Waals surface area contributed by atoms with Crippen LogP contribution in [-0.4, -0.2) is 31.6 Å². The van der Waals surface area contributed by atoms with E-state index in [4.69, 9.17) is 0 Å². The Morgan fingerprint density at radius 3 is 2.92 bits per heavy atom. The van der Waals surface area contributed by atoms with E-state index in [1.54, 1.807) is 0 Å². The molecule has 5 heteroatoms. The number of hydrogen-bond acceptors (Lipinski definition) is 3. The molecule has 3 heterocycles. The lowest BCUT2D eigenvalue weighted by Gasteiger charge is -2.34. The zero-order valence-corrected chi connectivity index (χ0v) is 14.4. The van der Waals surface area contributed by atoms with Crippen molar-refractivity contribution in [1.29, 1.82) is 0 Å². The Balaban J connectivity index is 1.58. The van der Waals surface area contributed by atoms with Crippen LogP contribution in [0, 0.1) is 0 Å². The first-order valence-electron chi connectivity index (χ1n) is 8.93. The summed E-state index contributed by atoms with van der Waals surface area (Å²) in [5.41, 5.74) is 2.54. The summed E-state index contributed by atoms with van der Waals surface area (Å²) >= 11 is 0. The highest BCUT2D eigenvalue weighted by Gasteiger charge is 2.26. The molecule has 1 atom stereocenters. The molecule has 0 bridgehead atoms. The van der Waals surface area contributed by atoms with Gasteiger partial charge in [0.1, 0.15) is 5.82 Å². The second-order valence-corrected chi connectivity index (χ2v) is 7.09. The Hall–Kier alpha value is -2.14. The Bertz CT molecular complexity index is 783. The number of benzene rings is 1. The van der Waals surface area contributed by atoms with Gasteiger partial charge in [0, 0.05) is 17.1 Å². The normalized spacial score (nSPS) is 19.4. The van der Waals surface area contributed by atoms with Crippen LogP contribution >= 0.6 is 0 Å². The van der Waals surface area contributed by atoms with E-state index >= 15 is 0 Å². The van der Waals surface area contributed by atoms with Crippen molar-refractivity contribution >= 4 is 10.9 Å². The highest BCUT2D eigenvalue weighted by atomic mass is 15.3. The summed E-state index contributed by atoms with van der Waals surface area (Å²) < 4.78 is 0. The SMILES string of the molecule is CC(C)c1n[nH]c(CN2CCCCC2c2cc3ccccc3[nH]2)n1. The van der Waals surface area contributed by atoms with Crippen LogP contribution in [0.2, 0.25) is 0 Å². The fraction of sp³-hybridized carbons (Fsp3) is 0.474. The largest absolute Gasteiger partial charge is 0.357 e. The number of aromatic nitrogens is 4. The summed E-state index contributed by atoms with van der Waals surface area (Å²) in [6, 6.07) is 11.2. The van der Waals surface area contributed by atoms with Gasteiger partial charge in [-0.3, -0.25) is 10.00 Å². The van der Waals surface area contributed by atoms with Gasteiger partial charge >= 0.3 is 0 Å². The molecule has 2 N–H and O–H groups in total. The third-order valence-corrected chi connectivity index (χ3v) is 4.94. The van der Waals surface area contributed by atoms with Crippen molar-refractivity contribution in [2.75, 3.05) is 6.54 Å². The highest BCUT2D eigenvalue weighted by molar-refractivity contribution is 5.80. The molecule has 1 aliphatic rings. The van der Waals surface area contributed by atoms with Crippen molar-refractivity contribution in [2.45, 2.75) is 51.6 Å². The smallest absolute Gasteiger partial charge is 0.153 e. The van der Waals surface area contributed by atoms with E-state index in [9.17, 15) is 0 Å². The molecule has 0 saturated carbocycles. The minimum atomic E-state index is 0.362. The van der Waals surface area contributed by atoms with E-state index in [1.807, 2.05) is 0 Å². The van der Waals surface area contributed by atoms with Gasteiger partial charge in [0.15, 0.2) is 5.82 Å². The van der Waals surface area contributed by atoms with Gasteiger partial charge < -0.3 is 4.98 Å². The monoisotopic (exact) mass is 323 g/mol. The van der Waals surface area contributed by atoms with E-state index in [0.29, 0.717) is 12.0 Å². The molecule has 5 nitrogen and oxygen atoms in total. The molecule has 3 aromatic rings. The van der Waals surface area contributed by atoms with Crippen LogP contribution in [0.1, 0.15) is 62.4 Å². The van der Waals surface area contributed by atoms with Gasteiger partial charge in [-0.25, -0.2) is 4.98 Å². The standard InChI is InChI=1S/C19H25N5/c1-13(2)19-21-18(22-23-19)12-24-10-6-5-9-17(24)16-11-14-7-3-4-8-15(14)20-16/h3-4,7-8,11,13,17,20H,5-6,9-10,12H2,1-2H3,(H,21,22,23). The third kappa shape index (κ3) is 2.96. The Morgan fingerprint density at radius 1 is 1.25 bits per heavy atom. The highest BCUT2D eigenvalue weighted by Crippen LogP contribution is 2.33. The van der Waals surface area contributed by atoms with Crippen molar-refractivity contribution in [3.05, 3.63) is 47.7 Å². The molecule has 24 heavy (non-hydrogen) atoms. The molecule has 1 aromatic carbocycles. The minimum absolute atomic E-state index is 0.362. The second kappa shape index (κ2) is 6.40. The molecular weight excluding hydrogens is 298 g/mol. The van der Waals surface area contributed by atoms with E-state index in [0.717, 1.165) is 24.7 Å². The molecule has 1 unspecified atom stereocenters. The number of nitrogens with one attached hydrogen (secondary N) is 2.